The predicted octanol–water partition coefficient (Wildman–Crippen LogP) is -15.1. The number of guanidine groups is 4. The maximum atomic E-state index is 12.8. The molecule has 38 nitrogen and oxygen atoms in total. The third kappa shape index (κ3) is 13.9. The smallest absolute Gasteiger partial charge is 0.188 e. The van der Waals surface area contributed by atoms with Crippen molar-refractivity contribution in [1.29, 1.82) is 0 Å². The average Bonchev–Trinajstić information content (AvgIpc) is 4.00. The summed E-state index contributed by atoms with van der Waals surface area (Å²) < 4.78 is 48.2. The van der Waals surface area contributed by atoms with Crippen LogP contribution in [0.5, 0.6) is 0 Å². The third-order valence-electron chi connectivity index (χ3n) is 16.2. The van der Waals surface area contributed by atoms with Crippen molar-refractivity contribution in [3.05, 3.63) is 0 Å². The summed E-state index contributed by atoms with van der Waals surface area (Å²) in [4.78, 5) is 43.9. The Balaban J connectivity index is 1.21. The van der Waals surface area contributed by atoms with Crippen LogP contribution in [0.15, 0.2) is 20.0 Å². The first-order valence-corrected chi connectivity index (χ1v) is 26.7. The Kier molecular flexibility index (Phi) is 22.9. The Hall–Kier alpha value is -4.54. The van der Waals surface area contributed by atoms with Gasteiger partial charge in [-0.1, -0.05) is 0 Å². The number of carbonyl (C=O) groups is 2. The van der Waals surface area contributed by atoms with E-state index in [1.807, 2.05) is 0 Å². The van der Waals surface area contributed by atoms with Crippen molar-refractivity contribution in [1.82, 2.24) is 9.80 Å². The molecular weight excluding hydrogens is 1130 g/mol. The summed E-state index contributed by atoms with van der Waals surface area (Å²) in [7, 11) is 2.96. The number of nitrogens with two attached hydrogens (primary N) is 8. The second kappa shape index (κ2) is 28.1. The quantitative estimate of drug-likeness (QED) is 0.0195. The molecule has 30 N–H and O–H groups in total. The van der Waals surface area contributed by atoms with Gasteiger partial charge in [-0.3, -0.25) is 19.4 Å². The van der Waals surface area contributed by atoms with Gasteiger partial charge in [0.15, 0.2) is 72.8 Å². The molecule has 0 amide bonds. The molecule has 0 radical (unpaired) electrons. The zero-order valence-corrected chi connectivity index (χ0v) is 46.2. The third-order valence-corrected chi connectivity index (χ3v) is 16.2. The maximum Gasteiger partial charge on any atom is 0.188 e. The summed E-state index contributed by atoms with van der Waals surface area (Å²) in [6.07, 6.45) is -38.9. The van der Waals surface area contributed by atoms with Crippen LogP contribution in [0, 0.1) is 0 Å². The lowest BCUT2D eigenvalue weighted by Crippen LogP contribution is -2.67. The number of rotatable bonds is 23. The van der Waals surface area contributed by atoms with Crippen LogP contribution in [-0.2, 0) is 47.5 Å². The van der Waals surface area contributed by atoms with Gasteiger partial charge in [0.25, 0.3) is 0 Å². The Morgan fingerprint density at radius 2 is 0.762 bits per heavy atom. The van der Waals surface area contributed by atoms with Crippen LogP contribution in [0.1, 0.15) is 26.7 Å². The topological polar surface area (TPSA) is 655 Å². The van der Waals surface area contributed by atoms with Gasteiger partial charge in [0, 0.05) is 0 Å². The summed E-state index contributed by atoms with van der Waals surface area (Å²) >= 11 is 0. The Morgan fingerprint density at radius 3 is 1.05 bits per heavy atom. The summed E-state index contributed by atoms with van der Waals surface area (Å²) in [6.45, 7) is 0.795. The molecule has 482 valence electrons. The zero-order valence-electron chi connectivity index (χ0n) is 46.2. The fourth-order valence-corrected chi connectivity index (χ4v) is 11.5. The minimum Gasteiger partial charge on any atom is -0.394 e. The lowest BCUT2D eigenvalue weighted by Gasteiger charge is -2.48. The van der Waals surface area contributed by atoms with Gasteiger partial charge in [0.1, 0.15) is 122 Å². The lowest BCUT2D eigenvalue weighted by atomic mass is 9.81. The van der Waals surface area contributed by atoms with Gasteiger partial charge in [-0.15, -0.1) is 0 Å². The number of aliphatic hydroxyl groups excluding tert-OH is 12. The summed E-state index contributed by atoms with van der Waals surface area (Å²) in [5.74, 6) is -2.39. The van der Waals surface area contributed by atoms with E-state index in [1.165, 1.54) is 37.7 Å². The molecule has 0 aromatic heterocycles. The number of hydrogen-bond acceptors (Lipinski definition) is 30. The first kappa shape index (κ1) is 68.6. The number of hydrogen-bond donors (Lipinski definition) is 22. The highest BCUT2D eigenvalue weighted by Gasteiger charge is 2.63. The molecule has 0 bridgehead atoms. The van der Waals surface area contributed by atoms with Crippen molar-refractivity contribution < 1.29 is 119 Å². The number of likely N-dealkylation sites (N-methyl/N-ethyl adjacent to an activating group) is 2. The molecule has 4 heterocycles. The number of carbonyl (C=O) groups excluding carboxylic acids is 2. The highest BCUT2D eigenvalue weighted by molar-refractivity contribution is 5.77. The molecule has 4 aliphatic heterocycles. The molecule has 6 aliphatic rings. The van der Waals surface area contributed by atoms with Gasteiger partial charge >= 0.3 is 0 Å². The molecule has 2 saturated carbocycles. The van der Waals surface area contributed by atoms with Gasteiger partial charge < -0.3 is 155 Å². The SMILES string of the molecule is C[C@H]1O[C@@H](O[C@@H]2C(O)[C@H](O)C(N=C(N)N)C(O)[C@@H]2N=C(N)N)C(O[C@@H]2OC(CO)[C@H](O)[C@H](O)C2N(C)CCCCN(C)C2[C@H](OC3[C@H](O[C@@H]4C(O)[C@H](O)C(N=C(N)N)C(O)[C@@H]4N=C(N)N)O[C@H](C)[C@@]3(O)C=O)OC(CO)[C@H](O)[C@@H]2O)[C@]1(O)C=O. The Morgan fingerprint density at radius 1 is 0.452 bits per heavy atom. The highest BCUT2D eigenvalue weighted by atomic mass is 16.8. The summed E-state index contributed by atoms with van der Waals surface area (Å²) in [5.41, 5.74) is 39.3. The number of nitrogens with zero attached hydrogens (tertiary/aromatic N) is 6. The van der Waals surface area contributed by atoms with Gasteiger partial charge in [-0.05, 0) is 53.9 Å². The highest BCUT2D eigenvalue weighted by Crippen LogP contribution is 2.42. The lowest BCUT2D eigenvalue weighted by molar-refractivity contribution is -0.324. The van der Waals surface area contributed by atoms with E-state index in [2.05, 4.69) is 20.0 Å². The first-order valence-electron chi connectivity index (χ1n) is 26.7. The van der Waals surface area contributed by atoms with Gasteiger partial charge in [0.05, 0.1) is 37.5 Å². The Labute approximate surface area is 479 Å². The van der Waals surface area contributed by atoms with Crippen molar-refractivity contribution >= 4 is 36.4 Å². The predicted molar refractivity (Wildman–Crippen MR) is 282 cm³/mol. The molecule has 0 aromatic rings. The van der Waals surface area contributed by atoms with E-state index in [0.29, 0.717) is 0 Å². The van der Waals surface area contributed by atoms with Crippen molar-refractivity contribution in [2.75, 3.05) is 40.4 Å². The largest absolute Gasteiger partial charge is 0.394 e. The normalized spacial score (nSPS) is 46.1. The minimum atomic E-state index is -2.60. The second-order valence-corrected chi connectivity index (χ2v) is 21.8. The van der Waals surface area contributed by atoms with Crippen LogP contribution in [0.3, 0.4) is 0 Å². The monoisotopic (exact) mass is 1220 g/mol. The van der Waals surface area contributed by atoms with E-state index in [1.54, 1.807) is 0 Å². The van der Waals surface area contributed by atoms with Crippen LogP contribution in [0.2, 0.25) is 0 Å². The molecule has 0 spiro atoms. The van der Waals surface area contributed by atoms with Crippen molar-refractivity contribution in [3.63, 3.8) is 0 Å². The molecule has 38 heteroatoms. The van der Waals surface area contributed by atoms with E-state index >= 15 is 0 Å². The van der Waals surface area contributed by atoms with E-state index in [-0.39, 0.29) is 38.5 Å². The fourth-order valence-electron chi connectivity index (χ4n) is 11.5. The van der Waals surface area contributed by atoms with E-state index in [4.69, 9.17) is 83.8 Å². The molecule has 2 aliphatic carbocycles. The molecule has 84 heavy (non-hydrogen) atoms. The Bertz CT molecular complexity index is 2160. The van der Waals surface area contributed by atoms with Gasteiger partial charge in [0.2, 0.25) is 0 Å². The maximum absolute atomic E-state index is 12.8. The molecule has 30 atom stereocenters. The minimum absolute atomic E-state index is 0.0114. The molecular formula is C46H84N14O24. The molecule has 0 aromatic carbocycles. The molecule has 6 fully saturated rings. The molecule has 4 saturated heterocycles. The fraction of sp³-hybridized carbons (Fsp3) is 0.870. The van der Waals surface area contributed by atoms with Crippen LogP contribution in [-0.4, -0.2) is 341 Å². The van der Waals surface area contributed by atoms with Crippen molar-refractivity contribution in [2.45, 2.75) is 209 Å². The first-order chi connectivity index (χ1) is 39.3. The number of unbranched alkanes of at least 4 members (excludes halogenated alkanes) is 1. The van der Waals surface area contributed by atoms with Crippen molar-refractivity contribution in [2.24, 2.45) is 65.8 Å². The summed E-state index contributed by atoms with van der Waals surface area (Å²) in [5, 5.41) is 157. The number of ether oxygens (including phenoxy) is 8. The van der Waals surface area contributed by atoms with E-state index in [0.717, 1.165) is 0 Å². The standard InChI is InChI=1S/C46H84N14O24/c1-13-45(75,11-63)35(39(77-13)81-33-19(57-43(51)52)25(67)17(55-41(47)48)27(69)31(33)73)83-37-21(29(71)23(65)15(9-61)79-37)59(3)7-5-6-8-60(4)22-30(72)24(66)16(10-62)80-38(22)84-36-40(78-14(2)46(36,76)12-64)82-34-20(58-44(53)54)26(68)18(56-42(49)50)28(70)32(34)74/h11-40,61-62,65-76H,5-10H2,1-4H3,(H4,47,48,55)(H4,49,50,56)(H4,51,52,57)(H4,53,54,58)/t13-,14-,15?,16?,17?,18?,19+,20+,21?,22?,23+,24+,25?,26?,27-,28-,29-,30-,31?,32?,33+,34+,35?,36?,37+,38+,39+,40+,45+,46+/m1/s1. The van der Waals surface area contributed by atoms with Crippen LogP contribution in [0.4, 0.5) is 0 Å². The average molecular weight is 1220 g/mol. The van der Waals surface area contributed by atoms with Crippen LogP contribution in [0.25, 0.3) is 0 Å². The van der Waals surface area contributed by atoms with E-state index < -0.39 is 220 Å². The second-order valence-electron chi connectivity index (χ2n) is 21.8. The zero-order chi connectivity index (χ0) is 62.8. The van der Waals surface area contributed by atoms with Crippen LogP contribution < -0.4 is 45.9 Å². The van der Waals surface area contributed by atoms with Gasteiger partial charge in [-0.2, -0.15) is 0 Å². The number of aldehydes is 2. The van der Waals surface area contributed by atoms with E-state index in [9.17, 15) is 81.1 Å². The molecule has 12 unspecified atom stereocenters. The van der Waals surface area contributed by atoms with Gasteiger partial charge in [-0.25, -0.2) is 20.0 Å². The number of aliphatic hydroxyl groups is 14. The number of aliphatic imine (C=N–C) groups is 4. The van der Waals surface area contributed by atoms with Crippen molar-refractivity contribution in [3.8, 4) is 0 Å². The van der Waals surface area contributed by atoms with Crippen LogP contribution >= 0.6 is 0 Å². The molecule has 6 rings (SSSR count). The summed E-state index contributed by atoms with van der Waals surface area (Å²) in [6, 6.07) is -9.27.